The fourth-order valence-electron chi connectivity index (χ4n) is 3.55. The summed E-state index contributed by atoms with van der Waals surface area (Å²) in [5, 5.41) is 0.328. The van der Waals surface area contributed by atoms with Gasteiger partial charge in [0.1, 0.15) is 11.4 Å². The molecule has 2 heterocycles. The van der Waals surface area contributed by atoms with Gasteiger partial charge in [-0.15, -0.1) is 0 Å². The van der Waals surface area contributed by atoms with Gasteiger partial charge in [0.2, 0.25) is 11.1 Å². The SMILES string of the molecule is O=c1c2ccccc2oc2nc(-c3cccc(Br)c3)n(Cc3ccccc3)c(=O)c12. The summed E-state index contributed by atoms with van der Waals surface area (Å²) >= 11 is 3.47. The molecule has 0 spiro atoms. The first-order chi connectivity index (χ1) is 14.6. The highest BCUT2D eigenvalue weighted by Gasteiger charge is 2.19. The zero-order valence-corrected chi connectivity index (χ0v) is 17.3. The molecule has 0 aliphatic rings. The van der Waals surface area contributed by atoms with E-state index in [-0.39, 0.29) is 23.1 Å². The van der Waals surface area contributed by atoms with Crippen molar-refractivity contribution in [1.82, 2.24) is 9.55 Å². The average molecular weight is 459 g/mol. The van der Waals surface area contributed by atoms with Crippen LogP contribution in [0.4, 0.5) is 0 Å². The van der Waals surface area contributed by atoms with Crippen LogP contribution in [0, 0.1) is 0 Å². The van der Waals surface area contributed by atoms with Crippen molar-refractivity contribution in [3.63, 3.8) is 0 Å². The molecule has 0 N–H and O–H groups in total. The number of para-hydroxylation sites is 1. The highest BCUT2D eigenvalue weighted by Crippen LogP contribution is 2.24. The van der Waals surface area contributed by atoms with Crippen LogP contribution in [-0.4, -0.2) is 9.55 Å². The molecule has 0 aliphatic carbocycles. The topological polar surface area (TPSA) is 65.1 Å². The summed E-state index contributed by atoms with van der Waals surface area (Å²) in [5.74, 6) is 0.441. The highest BCUT2D eigenvalue weighted by molar-refractivity contribution is 9.10. The van der Waals surface area contributed by atoms with Crippen molar-refractivity contribution in [3.8, 4) is 11.4 Å². The van der Waals surface area contributed by atoms with Crippen LogP contribution in [0.2, 0.25) is 0 Å². The largest absolute Gasteiger partial charge is 0.437 e. The second-order valence-corrected chi connectivity index (χ2v) is 7.85. The Morgan fingerprint density at radius 2 is 1.67 bits per heavy atom. The molecule has 0 fully saturated rings. The Kier molecular flexibility index (Phi) is 4.56. The van der Waals surface area contributed by atoms with Gasteiger partial charge in [0.25, 0.3) is 5.56 Å². The molecule has 5 rings (SSSR count). The van der Waals surface area contributed by atoms with Crippen molar-refractivity contribution in [2.45, 2.75) is 6.54 Å². The van der Waals surface area contributed by atoms with Crippen LogP contribution < -0.4 is 11.0 Å². The Hall–Kier alpha value is -3.51. The van der Waals surface area contributed by atoms with Gasteiger partial charge >= 0.3 is 0 Å². The fourth-order valence-corrected chi connectivity index (χ4v) is 3.95. The lowest BCUT2D eigenvalue weighted by atomic mass is 10.1. The fraction of sp³-hybridized carbons (Fsp3) is 0.0417. The van der Waals surface area contributed by atoms with E-state index in [1.54, 1.807) is 24.3 Å². The van der Waals surface area contributed by atoms with Crippen LogP contribution >= 0.6 is 15.9 Å². The molecular weight excluding hydrogens is 444 g/mol. The summed E-state index contributed by atoms with van der Waals surface area (Å²) in [6.07, 6.45) is 0. The highest BCUT2D eigenvalue weighted by atomic mass is 79.9. The molecule has 3 aromatic carbocycles. The molecule has 0 aliphatic heterocycles. The van der Waals surface area contributed by atoms with E-state index in [0.29, 0.717) is 16.8 Å². The van der Waals surface area contributed by atoms with Crippen molar-refractivity contribution in [1.29, 1.82) is 0 Å². The summed E-state index contributed by atoms with van der Waals surface area (Å²) in [7, 11) is 0. The quantitative estimate of drug-likeness (QED) is 0.357. The lowest BCUT2D eigenvalue weighted by molar-refractivity contribution is 0.635. The van der Waals surface area contributed by atoms with Crippen molar-refractivity contribution in [3.05, 3.63) is 109 Å². The first kappa shape index (κ1) is 18.5. The van der Waals surface area contributed by atoms with Gasteiger partial charge in [0.15, 0.2) is 5.39 Å². The van der Waals surface area contributed by atoms with E-state index < -0.39 is 5.56 Å². The second-order valence-electron chi connectivity index (χ2n) is 6.93. The number of hydrogen-bond donors (Lipinski definition) is 0. The molecule has 6 heteroatoms. The summed E-state index contributed by atoms with van der Waals surface area (Å²) in [6, 6.07) is 24.0. The van der Waals surface area contributed by atoms with Crippen LogP contribution in [0.3, 0.4) is 0 Å². The van der Waals surface area contributed by atoms with E-state index in [9.17, 15) is 9.59 Å². The number of fused-ring (bicyclic) bond motifs is 2. The van der Waals surface area contributed by atoms with E-state index >= 15 is 0 Å². The van der Waals surface area contributed by atoms with Gasteiger partial charge in [0, 0.05) is 10.0 Å². The van der Waals surface area contributed by atoms with Crippen LogP contribution in [0.5, 0.6) is 0 Å². The third-order valence-corrected chi connectivity index (χ3v) is 5.46. The van der Waals surface area contributed by atoms with Crippen LogP contribution in [-0.2, 0) is 6.54 Å². The Morgan fingerprint density at radius 1 is 0.900 bits per heavy atom. The normalized spacial score (nSPS) is 11.2. The van der Waals surface area contributed by atoms with Crippen molar-refractivity contribution in [2.24, 2.45) is 0 Å². The standard InChI is InChI=1S/C24H15BrN2O3/c25-17-10-6-9-16(13-17)22-26-23-20(21(28)18-11-4-5-12-19(18)30-23)24(29)27(22)14-15-7-2-1-3-8-15/h1-13H,14H2. The van der Waals surface area contributed by atoms with Gasteiger partial charge in [-0.3, -0.25) is 14.2 Å². The Balaban J connectivity index is 1.88. The van der Waals surface area contributed by atoms with Crippen molar-refractivity contribution >= 4 is 38.0 Å². The molecule has 0 radical (unpaired) electrons. The molecule has 30 heavy (non-hydrogen) atoms. The maximum atomic E-state index is 13.5. The van der Waals surface area contributed by atoms with E-state index in [4.69, 9.17) is 4.42 Å². The number of aromatic nitrogens is 2. The van der Waals surface area contributed by atoms with Gasteiger partial charge in [-0.1, -0.05) is 70.5 Å². The van der Waals surface area contributed by atoms with E-state index in [2.05, 4.69) is 20.9 Å². The van der Waals surface area contributed by atoms with Crippen LogP contribution in [0.1, 0.15) is 5.56 Å². The van der Waals surface area contributed by atoms with Gasteiger partial charge in [-0.2, -0.15) is 4.98 Å². The Labute approximate surface area is 179 Å². The van der Waals surface area contributed by atoms with Gasteiger partial charge < -0.3 is 4.42 Å². The molecule has 0 saturated carbocycles. The third kappa shape index (κ3) is 3.15. The minimum atomic E-state index is -0.418. The number of hydrogen-bond acceptors (Lipinski definition) is 4. The molecule has 0 saturated heterocycles. The molecular formula is C24H15BrN2O3. The minimum absolute atomic E-state index is 0.0385. The van der Waals surface area contributed by atoms with E-state index in [1.807, 2.05) is 54.6 Å². The van der Waals surface area contributed by atoms with E-state index in [1.165, 1.54) is 4.57 Å². The number of rotatable bonds is 3. The first-order valence-electron chi connectivity index (χ1n) is 9.38. The molecule has 0 bridgehead atoms. The molecule has 146 valence electrons. The molecule has 0 amide bonds. The lowest BCUT2D eigenvalue weighted by Gasteiger charge is -2.14. The molecule has 0 unspecified atom stereocenters. The van der Waals surface area contributed by atoms with Crippen molar-refractivity contribution < 1.29 is 4.42 Å². The Morgan fingerprint density at radius 3 is 2.47 bits per heavy atom. The predicted octanol–water partition coefficient (Wildman–Crippen LogP) is 4.98. The predicted molar refractivity (Wildman–Crippen MR) is 121 cm³/mol. The van der Waals surface area contributed by atoms with E-state index in [0.717, 1.165) is 15.6 Å². The monoisotopic (exact) mass is 458 g/mol. The molecule has 5 aromatic rings. The summed E-state index contributed by atoms with van der Waals surface area (Å²) in [6.45, 7) is 0.288. The smallest absolute Gasteiger partial charge is 0.269 e. The van der Waals surface area contributed by atoms with Crippen LogP contribution in [0.15, 0.2) is 97.3 Å². The third-order valence-electron chi connectivity index (χ3n) is 4.97. The van der Waals surface area contributed by atoms with Crippen molar-refractivity contribution in [2.75, 3.05) is 0 Å². The first-order valence-corrected chi connectivity index (χ1v) is 10.2. The molecule has 2 aromatic heterocycles. The van der Waals surface area contributed by atoms with Gasteiger partial charge in [0.05, 0.1) is 11.9 Å². The number of nitrogens with zero attached hydrogens (tertiary/aromatic N) is 2. The maximum absolute atomic E-state index is 13.5. The number of halogens is 1. The average Bonchev–Trinajstić information content (AvgIpc) is 2.76. The number of benzene rings is 3. The second kappa shape index (κ2) is 7.39. The molecule has 5 nitrogen and oxygen atoms in total. The van der Waals surface area contributed by atoms with Crippen LogP contribution in [0.25, 0.3) is 33.5 Å². The van der Waals surface area contributed by atoms with Gasteiger partial charge in [-0.05, 0) is 29.8 Å². The Bertz CT molecular complexity index is 1520. The zero-order chi connectivity index (χ0) is 20.7. The summed E-state index contributed by atoms with van der Waals surface area (Å²) in [4.78, 5) is 31.3. The summed E-state index contributed by atoms with van der Waals surface area (Å²) < 4.78 is 8.26. The maximum Gasteiger partial charge on any atom is 0.269 e. The van der Waals surface area contributed by atoms with Gasteiger partial charge in [-0.25, -0.2) is 0 Å². The lowest BCUT2D eigenvalue weighted by Crippen LogP contribution is -2.28. The minimum Gasteiger partial charge on any atom is -0.437 e. The zero-order valence-electron chi connectivity index (χ0n) is 15.7. The summed E-state index contributed by atoms with van der Waals surface area (Å²) in [5.41, 5.74) is 1.34. The molecule has 0 atom stereocenters.